The number of para-hydroxylation sites is 1. The summed E-state index contributed by atoms with van der Waals surface area (Å²) in [4.78, 5) is 7.09. The van der Waals surface area contributed by atoms with Gasteiger partial charge in [-0.25, -0.2) is 0 Å². The number of piperidine rings is 1. The minimum absolute atomic E-state index is 0. The number of guanidine groups is 1. The van der Waals surface area contributed by atoms with E-state index in [1.165, 1.54) is 5.69 Å². The van der Waals surface area contributed by atoms with Crippen molar-refractivity contribution in [2.24, 2.45) is 4.99 Å². The molecule has 1 saturated heterocycles. The molecular weight excluding hydrogens is 507 g/mol. The molecule has 30 heavy (non-hydrogen) atoms. The van der Waals surface area contributed by atoms with Crippen LogP contribution in [-0.2, 0) is 16.6 Å². The van der Waals surface area contributed by atoms with Crippen molar-refractivity contribution in [3.8, 4) is 0 Å². The third-order valence-electron chi connectivity index (χ3n) is 5.06. The Labute approximate surface area is 200 Å². The van der Waals surface area contributed by atoms with Crippen molar-refractivity contribution in [1.82, 2.24) is 10.6 Å². The summed E-state index contributed by atoms with van der Waals surface area (Å²) in [6, 6.07) is 21.0. The van der Waals surface area contributed by atoms with E-state index in [0.717, 1.165) is 44.0 Å². The Bertz CT molecular complexity index is 780. The number of benzene rings is 2. The lowest BCUT2D eigenvalue weighted by molar-refractivity contribution is 0.461. The third kappa shape index (κ3) is 8.26. The van der Waals surface area contributed by atoms with E-state index in [1.807, 2.05) is 30.3 Å². The minimum Gasteiger partial charge on any atom is -0.371 e. The Kier molecular flexibility index (Phi) is 11.2. The average molecular weight is 541 g/mol. The summed E-state index contributed by atoms with van der Waals surface area (Å²) in [6.45, 7) is 5.55. The second-order valence-corrected chi connectivity index (χ2v) is 8.85. The molecule has 1 heterocycles. The molecule has 2 aromatic carbocycles. The summed E-state index contributed by atoms with van der Waals surface area (Å²) in [7, 11) is -0.893. The van der Waals surface area contributed by atoms with Gasteiger partial charge < -0.3 is 15.5 Å². The van der Waals surface area contributed by atoms with E-state index in [2.05, 4.69) is 57.8 Å². The fourth-order valence-corrected chi connectivity index (χ4v) is 4.53. The van der Waals surface area contributed by atoms with Crippen molar-refractivity contribution in [2.45, 2.75) is 31.6 Å². The second-order valence-electron chi connectivity index (χ2n) is 7.28. The van der Waals surface area contributed by atoms with Crippen LogP contribution in [0.4, 0.5) is 5.69 Å². The van der Waals surface area contributed by atoms with Gasteiger partial charge in [-0.3, -0.25) is 9.20 Å². The first kappa shape index (κ1) is 24.7. The van der Waals surface area contributed by atoms with Crippen molar-refractivity contribution in [3.05, 3.63) is 66.2 Å². The first-order valence-electron chi connectivity index (χ1n) is 10.5. The summed E-state index contributed by atoms with van der Waals surface area (Å²) < 4.78 is 12.3. The van der Waals surface area contributed by atoms with Gasteiger partial charge in [-0.15, -0.1) is 24.0 Å². The number of halogens is 1. The molecule has 0 bridgehead atoms. The number of anilines is 1. The highest BCUT2D eigenvalue weighted by Crippen LogP contribution is 2.19. The first-order valence-corrected chi connectivity index (χ1v) is 12.0. The number of hydrogen-bond acceptors (Lipinski definition) is 3. The predicted octanol–water partition coefficient (Wildman–Crippen LogP) is 3.78. The molecular formula is C23H33IN4OS. The van der Waals surface area contributed by atoms with E-state index < -0.39 is 10.8 Å². The van der Waals surface area contributed by atoms with Crippen LogP contribution in [0.1, 0.15) is 25.3 Å². The molecule has 7 heteroatoms. The third-order valence-corrected chi connectivity index (χ3v) is 6.35. The number of hydrogen-bond donors (Lipinski definition) is 2. The molecule has 0 radical (unpaired) electrons. The molecule has 2 N–H and O–H groups in total. The molecule has 0 aliphatic carbocycles. The molecule has 1 aliphatic rings. The molecule has 2 aromatic rings. The summed E-state index contributed by atoms with van der Waals surface area (Å²) in [5, 5.41) is 6.89. The van der Waals surface area contributed by atoms with Crippen LogP contribution in [0.15, 0.2) is 65.7 Å². The predicted molar refractivity (Wildman–Crippen MR) is 139 cm³/mol. The first-order chi connectivity index (χ1) is 14.2. The maximum absolute atomic E-state index is 12.3. The number of aliphatic imine (C=N–C) groups is 1. The number of rotatable bonds is 8. The summed E-state index contributed by atoms with van der Waals surface area (Å²) in [5.41, 5.74) is 2.41. The van der Waals surface area contributed by atoms with Crippen LogP contribution in [0.5, 0.6) is 0 Å². The van der Waals surface area contributed by atoms with Crippen LogP contribution < -0.4 is 15.5 Å². The summed E-state index contributed by atoms with van der Waals surface area (Å²) in [6.07, 6.45) is 2.17. The lowest BCUT2D eigenvalue weighted by Crippen LogP contribution is -2.48. The Hall–Kier alpha value is -1.61. The van der Waals surface area contributed by atoms with Gasteiger partial charge in [0.05, 0.1) is 6.54 Å². The van der Waals surface area contributed by atoms with Crippen molar-refractivity contribution in [3.63, 3.8) is 0 Å². The zero-order chi connectivity index (χ0) is 20.3. The van der Waals surface area contributed by atoms with E-state index in [0.29, 0.717) is 24.1 Å². The number of nitrogens with one attached hydrogen (secondary N) is 2. The molecule has 5 nitrogen and oxygen atoms in total. The van der Waals surface area contributed by atoms with E-state index >= 15 is 0 Å². The Balaban J connectivity index is 0.00000320. The van der Waals surface area contributed by atoms with Crippen LogP contribution in [0.3, 0.4) is 0 Å². The lowest BCUT2D eigenvalue weighted by Gasteiger charge is -2.34. The smallest absolute Gasteiger partial charge is 0.191 e. The topological polar surface area (TPSA) is 56.7 Å². The van der Waals surface area contributed by atoms with Crippen molar-refractivity contribution >= 4 is 46.4 Å². The standard InChI is InChI=1S/C23H32N4OS.HI/c1-2-24-23(25-15-18-29(28)19-20-9-5-3-6-10-20)26-21-13-16-27(17-14-21)22-11-7-4-8-12-22;/h3-12,21H,2,13-19H2,1H3,(H2,24,25,26);1H. The van der Waals surface area contributed by atoms with Gasteiger partial charge in [0.2, 0.25) is 0 Å². The highest BCUT2D eigenvalue weighted by atomic mass is 127. The van der Waals surface area contributed by atoms with E-state index in [1.54, 1.807) is 0 Å². The van der Waals surface area contributed by atoms with Gasteiger partial charge in [-0.1, -0.05) is 48.5 Å². The van der Waals surface area contributed by atoms with Gasteiger partial charge in [-0.05, 0) is 37.5 Å². The maximum Gasteiger partial charge on any atom is 0.191 e. The average Bonchev–Trinajstić information content (AvgIpc) is 2.76. The highest BCUT2D eigenvalue weighted by Gasteiger charge is 2.20. The molecule has 0 spiro atoms. The minimum atomic E-state index is -0.893. The molecule has 164 valence electrons. The monoisotopic (exact) mass is 540 g/mol. The Morgan fingerprint density at radius 1 is 1.07 bits per heavy atom. The van der Waals surface area contributed by atoms with Crippen LogP contribution in [0, 0.1) is 0 Å². The Morgan fingerprint density at radius 2 is 1.70 bits per heavy atom. The van der Waals surface area contributed by atoms with Crippen LogP contribution in [0.2, 0.25) is 0 Å². The molecule has 0 amide bonds. The van der Waals surface area contributed by atoms with Crippen molar-refractivity contribution < 1.29 is 4.21 Å². The molecule has 0 saturated carbocycles. The van der Waals surface area contributed by atoms with E-state index in [4.69, 9.17) is 0 Å². The molecule has 3 rings (SSSR count). The molecule has 1 fully saturated rings. The van der Waals surface area contributed by atoms with E-state index in [9.17, 15) is 4.21 Å². The fraction of sp³-hybridized carbons (Fsp3) is 0.435. The van der Waals surface area contributed by atoms with Gasteiger partial charge in [0, 0.05) is 53.7 Å². The second kappa shape index (κ2) is 13.6. The van der Waals surface area contributed by atoms with Crippen LogP contribution >= 0.6 is 24.0 Å². The molecule has 1 aliphatic heterocycles. The van der Waals surface area contributed by atoms with Crippen LogP contribution in [-0.4, -0.2) is 48.1 Å². The summed E-state index contributed by atoms with van der Waals surface area (Å²) in [5.74, 6) is 2.01. The van der Waals surface area contributed by atoms with Gasteiger partial charge in [0.15, 0.2) is 5.96 Å². The molecule has 0 aromatic heterocycles. The normalized spacial score (nSPS) is 15.9. The van der Waals surface area contributed by atoms with Gasteiger partial charge in [0.1, 0.15) is 0 Å². The van der Waals surface area contributed by atoms with Crippen molar-refractivity contribution in [1.29, 1.82) is 0 Å². The van der Waals surface area contributed by atoms with Crippen LogP contribution in [0.25, 0.3) is 0 Å². The lowest BCUT2D eigenvalue weighted by atomic mass is 10.0. The fourth-order valence-electron chi connectivity index (χ4n) is 3.53. The SMILES string of the molecule is CCNC(=NCCS(=O)Cc1ccccc1)NC1CCN(c2ccccc2)CC1.I. The zero-order valence-electron chi connectivity index (χ0n) is 17.6. The van der Waals surface area contributed by atoms with E-state index in [-0.39, 0.29) is 24.0 Å². The highest BCUT2D eigenvalue weighted by molar-refractivity contribution is 14.0. The quantitative estimate of drug-likeness (QED) is 0.304. The largest absolute Gasteiger partial charge is 0.371 e. The molecule has 1 unspecified atom stereocenters. The zero-order valence-corrected chi connectivity index (χ0v) is 20.8. The van der Waals surface area contributed by atoms with Crippen molar-refractivity contribution in [2.75, 3.05) is 36.8 Å². The summed E-state index contributed by atoms with van der Waals surface area (Å²) >= 11 is 0. The van der Waals surface area contributed by atoms with Gasteiger partial charge in [-0.2, -0.15) is 0 Å². The number of nitrogens with zero attached hydrogens (tertiary/aromatic N) is 2. The maximum atomic E-state index is 12.3. The van der Waals surface area contributed by atoms with Gasteiger partial charge in [0.25, 0.3) is 0 Å². The Morgan fingerprint density at radius 3 is 2.33 bits per heavy atom. The van der Waals surface area contributed by atoms with Gasteiger partial charge >= 0.3 is 0 Å². The molecule has 1 atom stereocenters.